The van der Waals surface area contributed by atoms with Crippen LogP contribution >= 0.6 is 0 Å². The van der Waals surface area contributed by atoms with Gasteiger partial charge in [0.15, 0.2) is 0 Å². The van der Waals surface area contributed by atoms with Gasteiger partial charge in [-0.25, -0.2) is 0 Å². The van der Waals surface area contributed by atoms with Gasteiger partial charge in [0, 0.05) is 23.2 Å². The largest absolute Gasteiger partial charge is 0.326 e. The lowest BCUT2D eigenvalue weighted by atomic mass is 9.81. The van der Waals surface area contributed by atoms with Crippen molar-refractivity contribution in [2.75, 3.05) is 10.6 Å². The summed E-state index contributed by atoms with van der Waals surface area (Å²) < 4.78 is 0. The van der Waals surface area contributed by atoms with Gasteiger partial charge in [-0.15, -0.1) is 0 Å². The fourth-order valence-corrected chi connectivity index (χ4v) is 3.46. The van der Waals surface area contributed by atoms with Crippen LogP contribution in [-0.2, 0) is 9.59 Å². The molecule has 1 aliphatic rings. The third-order valence-corrected chi connectivity index (χ3v) is 5.04. The number of aryl methyl sites for hydroxylation is 1. The Labute approximate surface area is 159 Å². The summed E-state index contributed by atoms with van der Waals surface area (Å²) in [6.45, 7) is 1.99. The van der Waals surface area contributed by atoms with Gasteiger partial charge in [-0.05, 0) is 74.6 Å². The van der Waals surface area contributed by atoms with Crippen LogP contribution in [0.15, 0.2) is 48.5 Å². The lowest BCUT2D eigenvalue weighted by Crippen LogP contribution is -2.32. The zero-order valence-electron chi connectivity index (χ0n) is 15.4. The Morgan fingerprint density at radius 1 is 0.889 bits per heavy atom. The number of hydrogen-bond acceptors (Lipinski definition) is 3. The van der Waals surface area contributed by atoms with Crippen LogP contribution in [0.2, 0.25) is 0 Å². The Bertz CT molecular complexity index is 860. The Morgan fingerprint density at radius 3 is 1.96 bits per heavy atom. The number of amides is 2. The number of nitriles is 1. The van der Waals surface area contributed by atoms with Crippen molar-refractivity contribution in [3.63, 3.8) is 0 Å². The number of nitrogens with zero attached hydrogens (tertiary/aromatic N) is 1. The standard InChI is InChI=1S/C22H23N3O2/c1-15-3-2-4-20(13-15)25-22(27)18-9-7-17(8-10-18)21(26)24-19-11-5-16(14-23)6-12-19/h2-6,11-13,17-18H,7-10H2,1H3,(H,24,26)(H,25,27). The molecule has 1 fully saturated rings. The van der Waals surface area contributed by atoms with Crippen LogP contribution in [0.25, 0.3) is 0 Å². The van der Waals surface area contributed by atoms with E-state index in [9.17, 15) is 9.59 Å². The van der Waals surface area contributed by atoms with Crippen molar-refractivity contribution >= 4 is 23.2 Å². The minimum atomic E-state index is -0.0799. The quantitative estimate of drug-likeness (QED) is 0.854. The van der Waals surface area contributed by atoms with Crippen LogP contribution < -0.4 is 10.6 Å². The average Bonchev–Trinajstić information content (AvgIpc) is 2.68. The van der Waals surface area contributed by atoms with Crippen molar-refractivity contribution in [2.24, 2.45) is 11.8 Å². The molecular formula is C22H23N3O2. The zero-order chi connectivity index (χ0) is 19.2. The Morgan fingerprint density at radius 2 is 1.44 bits per heavy atom. The van der Waals surface area contributed by atoms with Crippen LogP contribution in [0.5, 0.6) is 0 Å². The van der Waals surface area contributed by atoms with Crippen molar-refractivity contribution < 1.29 is 9.59 Å². The molecule has 0 heterocycles. The number of benzene rings is 2. The summed E-state index contributed by atoms with van der Waals surface area (Å²) in [6, 6.07) is 16.7. The van der Waals surface area contributed by atoms with E-state index in [4.69, 9.17) is 5.26 Å². The lowest BCUT2D eigenvalue weighted by Gasteiger charge is -2.27. The minimum absolute atomic E-state index is 0.0164. The normalized spacial score (nSPS) is 19.0. The zero-order valence-corrected chi connectivity index (χ0v) is 15.4. The van der Waals surface area contributed by atoms with E-state index in [1.165, 1.54) is 0 Å². The molecule has 0 spiro atoms. The van der Waals surface area contributed by atoms with E-state index >= 15 is 0 Å². The Kier molecular flexibility index (Phi) is 5.87. The van der Waals surface area contributed by atoms with Crippen LogP contribution in [0.1, 0.15) is 36.8 Å². The first kappa shape index (κ1) is 18.7. The number of hydrogen-bond donors (Lipinski definition) is 2. The van der Waals surface area contributed by atoms with Crippen LogP contribution in [0, 0.1) is 30.1 Å². The third kappa shape index (κ3) is 4.95. The van der Waals surface area contributed by atoms with Crippen LogP contribution in [0.3, 0.4) is 0 Å². The fourth-order valence-electron chi connectivity index (χ4n) is 3.46. The molecular weight excluding hydrogens is 338 g/mol. The molecule has 0 aromatic heterocycles. The summed E-state index contributed by atoms with van der Waals surface area (Å²) >= 11 is 0. The highest BCUT2D eigenvalue weighted by atomic mass is 16.2. The van der Waals surface area contributed by atoms with Crippen molar-refractivity contribution in [1.82, 2.24) is 0 Å². The first-order chi connectivity index (χ1) is 13.0. The summed E-state index contributed by atoms with van der Waals surface area (Å²) in [4.78, 5) is 24.9. The monoisotopic (exact) mass is 361 g/mol. The van der Waals surface area contributed by atoms with Gasteiger partial charge in [-0.1, -0.05) is 12.1 Å². The molecule has 1 saturated carbocycles. The van der Waals surface area contributed by atoms with Gasteiger partial charge < -0.3 is 10.6 Å². The van der Waals surface area contributed by atoms with Gasteiger partial charge in [0.2, 0.25) is 11.8 Å². The predicted octanol–water partition coefficient (Wildman–Crippen LogP) is 4.25. The average molecular weight is 361 g/mol. The van der Waals surface area contributed by atoms with Gasteiger partial charge in [-0.3, -0.25) is 9.59 Å². The SMILES string of the molecule is Cc1cccc(NC(=O)C2CCC(C(=O)Nc3ccc(C#N)cc3)CC2)c1. The lowest BCUT2D eigenvalue weighted by molar-refractivity contribution is -0.125. The molecule has 2 aromatic carbocycles. The van der Waals surface area contributed by atoms with Crippen LogP contribution in [0.4, 0.5) is 11.4 Å². The first-order valence-corrected chi connectivity index (χ1v) is 9.23. The summed E-state index contributed by atoms with van der Waals surface area (Å²) in [5, 5.41) is 14.7. The van der Waals surface area contributed by atoms with Gasteiger partial charge in [-0.2, -0.15) is 5.26 Å². The first-order valence-electron chi connectivity index (χ1n) is 9.23. The maximum absolute atomic E-state index is 12.5. The molecule has 138 valence electrons. The molecule has 5 nitrogen and oxygen atoms in total. The molecule has 0 aliphatic heterocycles. The number of rotatable bonds is 4. The highest BCUT2D eigenvalue weighted by Gasteiger charge is 2.30. The maximum atomic E-state index is 12.5. The number of carbonyl (C=O) groups excluding carboxylic acids is 2. The predicted molar refractivity (Wildman–Crippen MR) is 105 cm³/mol. The summed E-state index contributed by atoms with van der Waals surface area (Å²) in [5.41, 5.74) is 3.18. The molecule has 0 saturated heterocycles. The second kappa shape index (κ2) is 8.50. The van der Waals surface area contributed by atoms with E-state index in [1.54, 1.807) is 24.3 Å². The maximum Gasteiger partial charge on any atom is 0.227 e. The topological polar surface area (TPSA) is 82.0 Å². The number of anilines is 2. The van der Waals surface area contributed by atoms with Crippen molar-refractivity contribution in [3.8, 4) is 6.07 Å². The van der Waals surface area contributed by atoms with Crippen molar-refractivity contribution in [2.45, 2.75) is 32.6 Å². The summed E-state index contributed by atoms with van der Waals surface area (Å²) in [6.07, 6.45) is 2.83. The molecule has 3 rings (SSSR count). The molecule has 0 radical (unpaired) electrons. The summed E-state index contributed by atoms with van der Waals surface area (Å²) in [5.74, 6) is -0.114. The molecule has 1 aliphatic carbocycles. The van der Waals surface area contributed by atoms with Crippen molar-refractivity contribution in [1.29, 1.82) is 5.26 Å². The molecule has 0 bridgehead atoms. The number of nitrogens with one attached hydrogen (secondary N) is 2. The molecule has 2 amide bonds. The third-order valence-electron chi connectivity index (χ3n) is 5.04. The van der Waals surface area contributed by atoms with Crippen LogP contribution in [-0.4, -0.2) is 11.8 Å². The van der Waals surface area contributed by atoms with Gasteiger partial charge in [0.1, 0.15) is 0 Å². The minimum Gasteiger partial charge on any atom is -0.326 e. The molecule has 27 heavy (non-hydrogen) atoms. The Balaban J connectivity index is 1.49. The second-order valence-corrected chi connectivity index (χ2v) is 7.09. The molecule has 2 N–H and O–H groups in total. The van der Waals surface area contributed by atoms with E-state index in [1.807, 2.05) is 31.2 Å². The highest BCUT2D eigenvalue weighted by Crippen LogP contribution is 2.30. The molecule has 5 heteroatoms. The van der Waals surface area contributed by atoms with E-state index in [0.717, 1.165) is 11.3 Å². The number of carbonyl (C=O) groups is 2. The smallest absolute Gasteiger partial charge is 0.227 e. The second-order valence-electron chi connectivity index (χ2n) is 7.09. The van der Waals surface area contributed by atoms with Gasteiger partial charge >= 0.3 is 0 Å². The summed E-state index contributed by atoms with van der Waals surface area (Å²) in [7, 11) is 0. The van der Waals surface area contributed by atoms with E-state index in [-0.39, 0.29) is 23.7 Å². The molecule has 0 atom stereocenters. The Hall–Kier alpha value is -3.13. The molecule has 2 aromatic rings. The highest BCUT2D eigenvalue weighted by molar-refractivity contribution is 5.94. The van der Waals surface area contributed by atoms with Crippen molar-refractivity contribution in [3.05, 3.63) is 59.7 Å². The van der Waals surface area contributed by atoms with Gasteiger partial charge in [0.25, 0.3) is 0 Å². The van der Waals surface area contributed by atoms with E-state index < -0.39 is 0 Å². The van der Waals surface area contributed by atoms with E-state index in [2.05, 4.69) is 16.7 Å². The fraction of sp³-hybridized carbons (Fsp3) is 0.318. The van der Waals surface area contributed by atoms with Gasteiger partial charge in [0.05, 0.1) is 11.6 Å². The molecule has 0 unspecified atom stereocenters. The van der Waals surface area contributed by atoms with E-state index in [0.29, 0.717) is 36.9 Å².